The summed E-state index contributed by atoms with van der Waals surface area (Å²) in [5.74, 6) is 0.314. The molecule has 0 radical (unpaired) electrons. The number of hydrogen-bond donors (Lipinski definition) is 1. The van der Waals surface area contributed by atoms with Crippen LogP contribution in [0.1, 0.15) is 22.9 Å². The highest BCUT2D eigenvalue weighted by atomic mass is 16.6. The number of para-hydroxylation sites is 1. The molecule has 3 heterocycles. The number of benzene rings is 2. The number of amides is 1. The first-order chi connectivity index (χ1) is 17.0. The van der Waals surface area contributed by atoms with Crippen molar-refractivity contribution in [3.05, 3.63) is 77.3 Å². The van der Waals surface area contributed by atoms with E-state index < -0.39 is 17.7 Å². The molecule has 2 aromatic carbocycles. The fourth-order valence-corrected chi connectivity index (χ4v) is 4.41. The molecule has 9 nitrogen and oxygen atoms in total. The van der Waals surface area contributed by atoms with Crippen molar-refractivity contribution >= 4 is 17.4 Å². The molecule has 1 unspecified atom stereocenters. The third-order valence-corrected chi connectivity index (χ3v) is 5.99. The number of fused-ring (bicyclic) bond motifs is 1. The molecule has 1 N–H and O–H groups in total. The predicted octanol–water partition coefficient (Wildman–Crippen LogP) is 3.69. The van der Waals surface area contributed by atoms with E-state index in [2.05, 4.69) is 0 Å². The SMILES string of the molecule is COc1cccc(C2/C(=C(\O)c3ccc4c(c3)OCCO4)C(=O)C(=O)N2Cc2ccco2)c1OC. The summed E-state index contributed by atoms with van der Waals surface area (Å²) in [6, 6.07) is 12.5. The van der Waals surface area contributed by atoms with E-state index in [9.17, 15) is 14.7 Å². The number of hydrogen-bond acceptors (Lipinski definition) is 8. The van der Waals surface area contributed by atoms with Gasteiger partial charge in [-0.25, -0.2) is 0 Å². The average Bonchev–Trinajstić information content (AvgIpc) is 3.49. The Morgan fingerprint density at radius 3 is 2.54 bits per heavy atom. The number of ketones is 1. The first-order valence-electron chi connectivity index (χ1n) is 10.9. The van der Waals surface area contributed by atoms with Crippen molar-refractivity contribution in [2.75, 3.05) is 27.4 Å². The zero-order valence-electron chi connectivity index (χ0n) is 19.1. The van der Waals surface area contributed by atoms with Crippen LogP contribution >= 0.6 is 0 Å². The van der Waals surface area contributed by atoms with E-state index in [0.717, 1.165) is 0 Å². The lowest BCUT2D eigenvalue weighted by Crippen LogP contribution is -2.29. The van der Waals surface area contributed by atoms with Crippen LogP contribution in [-0.2, 0) is 16.1 Å². The van der Waals surface area contributed by atoms with Gasteiger partial charge in [-0.15, -0.1) is 0 Å². The highest BCUT2D eigenvalue weighted by Gasteiger charge is 2.47. The van der Waals surface area contributed by atoms with E-state index in [4.69, 9.17) is 23.4 Å². The van der Waals surface area contributed by atoms with Gasteiger partial charge in [0.15, 0.2) is 23.0 Å². The van der Waals surface area contributed by atoms with E-state index in [0.29, 0.717) is 53.1 Å². The topological polar surface area (TPSA) is 108 Å². The molecular formula is C26H23NO8. The van der Waals surface area contributed by atoms with Crippen molar-refractivity contribution in [1.82, 2.24) is 4.90 Å². The number of furan rings is 1. The van der Waals surface area contributed by atoms with Crippen molar-refractivity contribution in [3.63, 3.8) is 0 Å². The smallest absolute Gasteiger partial charge is 0.296 e. The summed E-state index contributed by atoms with van der Waals surface area (Å²) in [6.45, 7) is 0.804. The summed E-state index contributed by atoms with van der Waals surface area (Å²) in [7, 11) is 2.97. The standard InChI is InChI=1S/C26H23NO8/c1-31-19-7-3-6-17(25(19)32-2)22-21(24(29)26(30)27(22)14-16-5-4-10-33-16)23(28)15-8-9-18-20(13-15)35-12-11-34-18/h3-10,13,22,28H,11-12,14H2,1-2H3/b23-21+. The second-order valence-electron chi connectivity index (χ2n) is 7.95. The van der Waals surface area contributed by atoms with Crippen LogP contribution in [-0.4, -0.2) is 49.1 Å². The van der Waals surface area contributed by atoms with Crippen LogP contribution in [0.3, 0.4) is 0 Å². The van der Waals surface area contributed by atoms with Crippen molar-refractivity contribution in [1.29, 1.82) is 0 Å². The number of aliphatic hydroxyl groups is 1. The average molecular weight is 477 g/mol. The molecule has 1 atom stereocenters. The molecule has 2 aliphatic heterocycles. The van der Waals surface area contributed by atoms with Crippen molar-refractivity contribution in [2.24, 2.45) is 0 Å². The van der Waals surface area contributed by atoms with Gasteiger partial charge in [0.1, 0.15) is 24.7 Å². The van der Waals surface area contributed by atoms with Crippen LogP contribution < -0.4 is 18.9 Å². The molecule has 1 fully saturated rings. The second kappa shape index (κ2) is 9.09. The molecule has 0 saturated carbocycles. The molecule has 35 heavy (non-hydrogen) atoms. The quantitative estimate of drug-likeness (QED) is 0.325. The monoisotopic (exact) mass is 477 g/mol. The summed E-state index contributed by atoms with van der Waals surface area (Å²) < 4.78 is 27.6. The number of carbonyl (C=O) groups excluding carboxylic acids is 2. The van der Waals surface area contributed by atoms with Crippen LogP contribution in [0.5, 0.6) is 23.0 Å². The fraction of sp³-hybridized carbons (Fsp3) is 0.231. The van der Waals surface area contributed by atoms with E-state index in [1.807, 2.05) is 0 Å². The predicted molar refractivity (Wildman–Crippen MR) is 124 cm³/mol. The van der Waals surface area contributed by atoms with Crippen LogP contribution in [0, 0.1) is 0 Å². The molecule has 0 spiro atoms. The van der Waals surface area contributed by atoms with Gasteiger partial charge in [-0.3, -0.25) is 9.59 Å². The van der Waals surface area contributed by atoms with Gasteiger partial charge in [0.05, 0.1) is 38.6 Å². The molecule has 2 aliphatic rings. The Kier molecular flexibility index (Phi) is 5.82. The normalized spacial score (nSPS) is 18.6. The number of methoxy groups -OCH3 is 2. The summed E-state index contributed by atoms with van der Waals surface area (Å²) in [4.78, 5) is 27.9. The molecule has 0 aliphatic carbocycles. The van der Waals surface area contributed by atoms with Gasteiger partial charge in [-0.2, -0.15) is 0 Å². The molecule has 0 bridgehead atoms. The molecule has 1 aromatic heterocycles. The van der Waals surface area contributed by atoms with Crippen LogP contribution in [0.4, 0.5) is 0 Å². The van der Waals surface area contributed by atoms with Crippen molar-refractivity contribution in [2.45, 2.75) is 12.6 Å². The highest BCUT2D eigenvalue weighted by Crippen LogP contribution is 2.46. The van der Waals surface area contributed by atoms with E-state index >= 15 is 0 Å². The fourth-order valence-electron chi connectivity index (χ4n) is 4.41. The maximum absolute atomic E-state index is 13.3. The van der Waals surface area contributed by atoms with Gasteiger partial charge in [0.2, 0.25) is 0 Å². The zero-order valence-corrected chi connectivity index (χ0v) is 19.1. The lowest BCUT2D eigenvalue weighted by molar-refractivity contribution is -0.140. The highest BCUT2D eigenvalue weighted by molar-refractivity contribution is 6.46. The number of nitrogens with zero attached hydrogens (tertiary/aromatic N) is 1. The number of aliphatic hydroxyl groups excluding tert-OH is 1. The van der Waals surface area contributed by atoms with E-state index in [-0.39, 0.29) is 17.9 Å². The minimum absolute atomic E-state index is 0.0144. The maximum Gasteiger partial charge on any atom is 0.296 e. The van der Waals surface area contributed by atoms with Gasteiger partial charge in [-0.05, 0) is 36.4 Å². The van der Waals surface area contributed by atoms with Gasteiger partial charge in [0.25, 0.3) is 11.7 Å². The number of rotatable bonds is 6. The first kappa shape index (κ1) is 22.4. The van der Waals surface area contributed by atoms with Gasteiger partial charge in [-0.1, -0.05) is 12.1 Å². The summed E-state index contributed by atoms with van der Waals surface area (Å²) >= 11 is 0. The van der Waals surface area contributed by atoms with Crippen molar-refractivity contribution in [3.8, 4) is 23.0 Å². The number of Topliss-reactive ketones (excluding diaryl/α,β-unsaturated/α-hetero) is 1. The molecule has 180 valence electrons. The third kappa shape index (κ3) is 3.84. The Morgan fingerprint density at radius 2 is 1.83 bits per heavy atom. The minimum atomic E-state index is -0.960. The Labute approximate surface area is 201 Å². The van der Waals surface area contributed by atoms with Gasteiger partial charge >= 0.3 is 0 Å². The van der Waals surface area contributed by atoms with Crippen LogP contribution in [0.2, 0.25) is 0 Å². The van der Waals surface area contributed by atoms with Crippen LogP contribution in [0.25, 0.3) is 5.76 Å². The zero-order chi connectivity index (χ0) is 24.5. The molecule has 1 saturated heterocycles. The van der Waals surface area contributed by atoms with Gasteiger partial charge < -0.3 is 33.4 Å². The maximum atomic E-state index is 13.3. The first-order valence-corrected chi connectivity index (χ1v) is 10.9. The number of likely N-dealkylation sites (tertiary alicyclic amines) is 1. The Hall–Kier alpha value is -4.40. The minimum Gasteiger partial charge on any atom is -0.507 e. The lowest BCUT2D eigenvalue weighted by Gasteiger charge is -2.26. The number of ether oxygens (including phenoxy) is 4. The van der Waals surface area contributed by atoms with Gasteiger partial charge in [0, 0.05) is 11.1 Å². The lowest BCUT2D eigenvalue weighted by atomic mass is 9.94. The Bertz CT molecular complexity index is 1310. The van der Waals surface area contributed by atoms with E-state index in [1.165, 1.54) is 25.4 Å². The molecule has 5 rings (SSSR count). The summed E-state index contributed by atoms with van der Waals surface area (Å²) in [5, 5.41) is 11.4. The molecule has 9 heteroatoms. The number of carbonyl (C=O) groups is 2. The largest absolute Gasteiger partial charge is 0.507 e. The Morgan fingerprint density at radius 1 is 1.03 bits per heavy atom. The second-order valence-corrected chi connectivity index (χ2v) is 7.95. The molecular weight excluding hydrogens is 454 g/mol. The summed E-state index contributed by atoms with van der Waals surface area (Å²) in [6.07, 6.45) is 1.49. The Balaban J connectivity index is 1.69. The van der Waals surface area contributed by atoms with Crippen molar-refractivity contribution < 1.29 is 38.1 Å². The van der Waals surface area contributed by atoms with E-state index in [1.54, 1.807) is 48.5 Å². The third-order valence-electron chi connectivity index (χ3n) is 5.99. The molecule has 3 aromatic rings. The molecule has 1 amide bonds. The van der Waals surface area contributed by atoms with Crippen LogP contribution in [0.15, 0.2) is 64.8 Å². The summed E-state index contributed by atoms with van der Waals surface area (Å²) in [5.41, 5.74) is 0.721.